The Bertz CT molecular complexity index is 260. The van der Waals surface area contributed by atoms with Gasteiger partial charge in [-0.1, -0.05) is 11.3 Å². The predicted octanol–water partition coefficient (Wildman–Crippen LogP) is 2.04. The van der Waals surface area contributed by atoms with E-state index in [0.717, 1.165) is 27.7 Å². The van der Waals surface area contributed by atoms with Gasteiger partial charge in [-0.05, 0) is 35.4 Å². The van der Waals surface area contributed by atoms with Crippen molar-refractivity contribution in [2.45, 2.75) is 18.8 Å². The van der Waals surface area contributed by atoms with E-state index in [4.69, 9.17) is 4.74 Å². The minimum Gasteiger partial charge on any atom is -0.381 e. The van der Waals surface area contributed by atoms with E-state index in [2.05, 4.69) is 32.8 Å². The largest absolute Gasteiger partial charge is 0.381 e. The van der Waals surface area contributed by atoms with Gasteiger partial charge in [0.1, 0.15) is 5.01 Å². The molecule has 12 heavy (non-hydrogen) atoms. The molecular weight excluding hydrogens is 287 g/mol. The third kappa shape index (κ3) is 1.94. The van der Waals surface area contributed by atoms with Crippen LogP contribution in [0.15, 0.2) is 0 Å². The molecule has 0 aromatic carbocycles. The molecule has 0 amide bonds. The Morgan fingerprint density at radius 3 is 3.00 bits per heavy atom. The fourth-order valence-corrected chi connectivity index (χ4v) is 2.79. The van der Waals surface area contributed by atoms with E-state index in [0.29, 0.717) is 5.92 Å². The van der Waals surface area contributed by atoms with Crippen molar-refractivity contribution in [3.8, 4) is 0 Å². The molecule has 1 saturated heterocycles. The molecular formula is C7H9IN2OS. The van der Waals surface area contributed by atoms with Crippen molar-refractivity contribution in [3.63, 3.8) is 0 Å². The Morgan fingerprint density at radius 2 is 2.42 bits per heavy atom. The molecule has 5 heteroatoms. The van der Waals surface area contributed by atoms with Gasteiger partial charge in [-0.15, -0.1) is 10.2 Å². The summed E-state index contributed by atoms with van der Waals surface area (Å²) in [5.41, 5.74) is 0. The molecule has 1 fully saturated rings. The van der Waals surface area contributed by atoms with Gasteiger partial charge in [0.2, 0.25) is 0 Å². The molecule has 0 bridgehead atoms. The van der Waals surface area contributed by atoms with Gasteiger partial charge in [0.25, 0.3) is 0 Å². The Hall–Kier alpha value is 0.250. The topological polar surface area (TPSA) is 35.0 Å². The molecule has 0 N–H and O–H groups in total. The van der Waals surface area contributed by atoms with Crippen LogP contribution in [0.4, 0.5) is 0 Å². The molecule has 1 aliphatic heterocycles. The average molecular weight is 296 g/mol. The maximum Gasteiger partial charge on any atom is 0.178 e. The lowest BCUT2D eigenvalue weighted by atomic mass is 10.0. The first-order valence-electron chi connectivity index (χ1n) is 3.93. The van der Waals surface area contributed by atoms with Gasteiger partial charge < -0.3 is 4.74 Å². The van der Waals surface area contributed by atoms with E-state index in [1.807, 2.05) is 0 Å². The zero-order valence-electron chi connectivity index (χ0n) is 6.49. The lowest BCUT2D eigenvalue weighted by molar-refractivity contribution is 0.0802. The van der Waals surface area contributed by atoms with Crippen molar-refractivity contribution in [1.82, 2.24) is 10.2 Å². The molecule has 1 aliphatic rings. The lowest BCUT2D eigenvalue weighted by Gasteiger charge is -2.18. The van der Waals surface area contributed by atoms with Crippen LogP contribution in [0.25, 0.3) is 0 Å². The Balaban J connectivity index is 2.08. The molecule has 0 saturated carbocycles. The standard InChI is InChI=1S/C7H9IN2OS/c8-7-10-9-6(12-7)5-2-1-3-11-4-5/h5H,1-4H2. The maximum atomic E-state index is 5.38. The fourth-order valence-electron chi connectivity index (χ4n) is 1.32. The number of halogens is 1. The van der Waals surface area contributed by atoms with Crippen LogP contribution in [0.1, 0.15) is 23.8 Å². The number of nitrogens with zero attached hydrogens (tertiary/aromatic N) is 2. The van der Waals surface area contributed by atoms with E-state index in [-0.39, 0.29) is 0 Å². The van der Waals surface area contributed by atoms with Crippen molar-refractivity contribution in [2.75, 3.05) is 13.2 Å². The summed E-state index contributed by atoms with van der Waals surface area (Å²) in [4.78, 5) is 0. The lowest BCUT2D eigenvalue weighted by Crippen LogP contribution is -2.15. The summed E-state index contributed by atoms with van der Waals surface area (Å²) < 4.78 is 6.40. The SMILES string of the molecule is Ic1nnc(C2CCCOC2)s1. The number of hydrogen-bond acceptors (Lipinski definition) is 4. The summed E-state index contributed by atoms with van der Waals surface area (Å²) >= 11 is 3.88. The van der Waals surface area contributed by atoms with E-state index in [9.17, 15) is 0 Å². The Morgan fingerprint density at radius 1 is 1.50 bits per heavy atom. The smallest absolute Gasteiger partial charge is 0.178 e. The highest BCUT2D eigenvalue weighted by molar-refractivity contribution is 14.1. The minimum atomic E-state index is 0.500. The van der Waals surface area contributed by atoms with Crippen LogP contribution in [0, 0.1) is 3.01 Å². The third-order valence-electron chi connectivity index (χ3n) is 1.93. The van der Waals surface area contributed by atoms with E-state index >= 15 is 0 Å². The average Bonchev–Trinajstić information content (AvgIpc) is 2.54. The Labute approximate surface area is 88.7 Å². The summed E-state index contributed by atoms with van der Waals surface area (Å²) in [5.74, 6) is 0.500. The van der Waals surface area contributed by atoms with Crippen LogP contribution < -0.4 is 0 Å². The molecule has 3 nitrogen and oxygen atoms in total. The number of ether oxygens (including phenoxy) is 1. The molecule has 1 atom stereocenters. The second kappa shape index (κ2) is 3.97. The van der Waals surface area contributed by atoms with Gasteiger partial charge in [-0.2, -0.15) is 0 Å². The molecule has 0 spiro atoms. The van der Waals surface area contributed by atoms with E-state index < -0.39 is 0 Å². The number of hydrogen-bond donors (Lipinski definition) is 0. The summed E-state index contributed by atoms with van der Waals surface area (Å²) in [6.45, 7) is 1.73. The third-order valence-corrected chi connectivity index (χ3v) is 3.68. The zero-order valence-corrected chi connectivity index (χ0v) is 9.47. The summed E-state index contributed by atoms with van der Waals surface area (Å²) in [6.07, 6.45) is 2.35. The van der Waals surface area contributed by atoms with E-state index in [1.165, 1.54) is 6.42 Å². The second-order valence-electron chi connectivity index (χ2n) is 2.81. The normalized spacial score (nSPS) is 24.2. The van der Waals surface area contributed by atoms with Crippen LogP contribution in [0.5, 0.6) is 0 Å². The first kappa shape index (κ1) is 8.83. The van der Waals surface area contributed by atoms with Crippen LogP contribution in [-0.4, -0.2) is 23.4 Å². The van der Waals surface area contributed by atoms with Crippen molar-refractivity contribution in [2.24, 2.45) is 0 Å². The van der Waals surface area contributed by atoms with Crippen LogP contribution in [-0.2, 0) is 4.74 Å². The Kier molecular flexibility index (Phi) is 2.92. The molecule has 0 radical (unpaired) electrons. The first-order chi connectivity index (χ1) is 5.86. The monoisotopic (exact) mass is 296 g/mol. The maximum absolute atomic E-state index is 5.38. The summed E-state index contributed by atoms with van der Waals surface area (Å²) in [6, 6.07) is 0. The minimum absolute atomic E-state index is 0.500. The summed E-state index contributed by atoms with van der Waals surface area (Å²) in [5, 5.41) is 9.25. The molecule has 1 aromatic rings. The first-order valence-corrected chi connectivity index (χ1v) is 5.82. The van der Waals surface area contributed by atoms with Gasteiger partial charge in [0.15, 0.2) is 3.01 Å². The van der Waals surface area contributed by atoms with Gasteiger partial charge in [-0.3, -0.25) is 0 Å². The van der Waals surface area contributed by atoms with Gasteiger partial charge in [-0.25, -0.2) is 0 Å². The fraction of sp³-hybridized carbons (Fsp3) is 0.714. The molecule has 1 unspecified atom stereocenters. The van der Waals surface area contributed by atoms with Crippen molar-refractivity contribution < 1.29 is 4.74 Å². The van der Waals surface area contributed by atoms with Crippen molar-refractivity contribution in [1.29, 1.82) is 0 Å². The molecule has 0 aliphatic carbocycles. The van der Waals surface area contributed by atoms with Crippen molar-refractivity contribution in [3.05, 3.63) is 8.02 Å². The van der Waals surface area contributed by atoms with Gasteiger partial charge in [0, 0.05) is 12.5 Å². The van der Waals surface area contributed by atoms with E-state index in [1.54, 1.807) is 11.3 Å². The number of rotatable bonds is 1. The van der Waals surface area contributed by atoms with Gasteiger partial charge in [0.05, 0.1) is 6.61 Å². The highest BCUT2D eigenvalue weighted by Gasteiger charge is 2.19. The molecule has 2 heterocycles. The molecule has 1 aromatic heterocycles. The number of aromatic nitrogens is 2. The highest BCUT2D eigenvalue weighted by Crippen LogP contribution is 2.27. The zero-order chi connectivity index (χ0) is 8.39. The molecule has 2 rings (SSSR count). The summed E-state index contributed by atoms with van der Waals surface area (Å²) in [7, 11) is 0. The van der Waals surface area contributed by atoms with Crippen LogP contribution in [0.2, 0.25) is 0 Å². The molecule has 66 valence electrons. The predicted molar refractivity (Wildman–Crippen MR) is 55.4 cm³/mol. The van der Waals surface area contributed by atoms with Gasteiger partial charge >= 0.3 is 0 Å². The van der Waals surface area contributed by atoms with Crippen molar-refractivity contribution >= 4 is 33.9 Å². The highest BCUT2D eigenvalue weighted by atomic mass is 127. The van der Waals surface area contributed by atoms with Crippen LogP contribution >= 0.6 is 33.9 Å². The quantitative estimate of drug-likeness (QED) is 0.744. The van der Waals surface area contributed by atoms with Crippen LogP contribution in [0.3, 0.4) is 0 Å². The second-order valence-corrected chi connectivity index (χ2v) is 5.57.